The van der Waals surface area contributed by atoms with Crippen LogP contribution in [0.3, 0.4) is 0 Å². The summed E-state index contributed by atoms with van der Waals surface area (Å²) >= 11 is 0. The summed E-state index contributed by atoms with van der Waals surface area (Å²) in [6.45, 7) is 0.905. The molecule has 1 aliphatic carbocycles. The van der Waals surface area contributed by atoms with Crippen LogP contribution in [0.4, 0.5) is 0 Å². The SMILES string of the molecule is CNCCCC(=O)Cc1ccn(C2CCCCC2)n1. The Kier molecular flexibility index (Phi) is 5.58. The minimum atomic E-state index is 0.296. The minimum absolute atomic E-state index is 0.296. The number of aromatic nitrogens is 2. The van der Waals surface area contributed by atoms with Crippen LogP contribution in [0.15, 0.2) is 12.3 Å². The number of Topliss-reactive ketones (excluding diaryl/α,β-unsaturated/α-hetero) is 1. The summed E-state index contributed by atoms with van der Waals surface area (Å²) in [4.78, 5) is 11.8. The molecule has 4 heteroatoms. The summed E-state index contributed by atoms with van der Waals surface area (Å²) in [7, 11) is 1.91. The van der Waals surface area contributed by atoms with Crippen molar-refractivity contribution in [2.45, 2.75) is 57.4 Å². The molecule has 4 nitrogen and oxygen atoms in total. The summed E-state index contributed by atoms with van der Waals surface area (Å²) in [5.41, 5.74) is 0.931. The van der Waals surface area contributed by atoms with Crippen LogP contribution in [0.25, 0.3) is 0 Å². The summed E-state index contributed by atoms with van der Waals surface area (Å²) in [6.07, 6.45) is 10.5. The summed E-state index contributed by atoms with van der Waals surface area (Å²) in [5.74, 6) is 0.296. The van der Waals surface area contributed by atoms with Gasteiger partial charge >= 0.3 is 0 Å². The molecule has 1 N–H and O–H groups in total. The molecular weight excluding hydrogens is 238 g/mol. The number of carbonyl (C=O) groups excluding carboxylic acids is 1. The molecule has 0 aromatic carbocycles. The zero-order valence-corrected chi connectivity index (χ0v) is 11.9. The lowest BCUT2D eigenvalue weighted by Gasteiger charge is -2.21. The van der Waals surface area contributed by atoms with Crippen molar-refractivity contribution in [3.05, 3.63) is 18.0 Å². The molecule has 1 aliphatic rings. The summed E-state index contributed by atoms with van der Waals surface area (Å²) < 4.78 is 2.08. The van der Waals surface area contributed by atoms with Gasteiger partial charge < -0.3 is 5.32 Å². The molecule has 0 amide bonds. The van der Waals surface area contributed by atoms with E-state index in [9.17, 15) is 4.79 Å². The number of nitrogens with one attached hydrogen (secondary N) is 1. The standard InChI is InChI=1S/C15H25N3O/c1-16-10-5-8-15(19)12-13-9-11-18(17-13)14-6-3-2-4-7-14/h9,11,14,16H,2-8,10,12H2,1H3. The molecule has 0 radical (unpaired) electrons. The summed E-state index contributed by atoms with van der Waals surface area (Å²) in [5, 5.41) is 7.64. The Balaban J connectivity index is 1.81. The third-order valence-corrected chi connectivity index (χ3v) is 3.87. The second-order valence-corrected chi connectivity index (χ2v) is 5.50. The van der Waals surface area contributed by atoms with Gasteiger partial charge in [0.25, 0.3) is 0 Å². The monoisotopic (exact) mass is 263 g/mol. The van der Waals surface area contributed by atoms with Gasteiger partial charge in [0.05, 0.1) is 18.2 Å². The Morgan fingerprint density at radius 2 is 2.21 bits per heavy atom. The zero-order chi connectivity index (χ0) is 13.5. The van der Waals surface area contributed by atoms with Crippen molar-refractivity contribution in [3.8, 4) is 0 Å². The predicted molar refractivity (Wildman–Crippen MR) is 76.2 cm³/mol. The van der Waals surface area contributed by atoms with Gasteiger partial charge in [0, 0.05) is 12.6 Å². The van der Waals surface area contributed by atoms with Crippen LogP contribution < -0.4 is 5.32 Å². The zero-order valence-electron chi connectivity index (χ0n) is 11.9. The van der Waals surface area contributed by atoms with Crippen molar-refractivity contribution < 1.29 is 4.79 Å². The van der Waals surface area contributed by atoms with E-state index in [-0.39, 0.29) is 0 Å². The van der Waals surface area contributed by atoms with Crippen molar-refractivity contribution in [2.75, 3.05) is 13.6 Å². The molecule has 1 aromatic rings. The topological polar surface area (TPSA) is 46.9 Å². The molecular formula is C15H25N3O. The van der Waals surface area contributed by atoms with E-state index in [0.717, 1.165) is 18.7 Å². The average molecular weight is 263 g/mol. The van der Waals surface area contributed by atoms with Gasteiger partial charge in [-0.25, -0.2) is 0 Å². The van der Waals surface area contributed by atoms with Crippen molar-refractivity contribution in [1.82, 2.24) is 15.1 Å². The van der Waals surface area contributed by atoms with E-state index in [4.69, 9.17) is 0 Å². The maximum atomic E-state index is 11.8. The Morgan fingerprint density at radius 1 is 1.42 bits per heavy atom. The highest BCUT2D eigenvalue weighted by molar-refractivity contribution is 5.80. The molecule has 106 valence electrons. The fourth-order valence-electron chi connectivity index (χ4n) is 2.77. The quantitative estimate of drug-likeness (QED) is 0.769. The number of ketones is 1. The Hall–Kier alpha value is -1.16. The normalized spacial score (nSPS) is 16.7. The third kappa shape index (κ3) is 4.46. The van der Waals surface area contributed by atoms with Gasteiger partial charge in [0.2, 0.25) is 0 Å². The van der Waals surface area contributed by atoms with Gasteiger partial charge in [-0.05, 0) is 38.9 Å². The average Bonchev–Trinajstić information content (AvgIpc) is 2.88. The van der Waals surface area contributed by atoms with Crippen LogP contribution in [0.1, 0.15) is 56.7 Å². The lowest BCUT2D eigenvalue weighted by atomic mass is 9.96. The highest BCUT2D eigenvalue weighted by Gasteiger charge is 2.16. The molecule has 2 rings (SSSR count). The molecule has 1 aromatic heterocycles. The van der Waals surface area contributed by atoms with E-state index in [2.05, 4.69) is 15.1 Å². The first-order valence-corrected chi connectivity index (χ1v) is 7.50. The number of carbonyl (C=O) groups is 1. The Labute approximate surface area is 115 Å². The van der Waals surface area contributed by atoms with Gasteiger partial charge in [-0.2, -0.15) is 5.10 Å². The lowest BCUT2D eigenvalue weighted by Crippen LogP contribution is -2.14. The number of hydrogen-bond acceptors (Lipinski definition) is 3. The molecule has 0 saturated heterocycles. The van der Waals surface area contributed by atoms with Gasteiger partial charge in [-0.15, -0.1) is 0 Å². The van der Waals surface area contributed by atoms with Crippen LogP contribution in [0.2, 0.25) is 0 Å². The van der Waals surface area contributed by atoms with Crippen molar-refractivity contribution in [2.24, 2.45) is 0 Å². The summed E-state index contributed by atoms with van der Waals surface area (Å²) in [6, 6.07) is 2.56. The van der Waals surface area contributed by atoms with Crippen molar-refractivity contribution >= 4 is 5.78 Å². The fraction of sp³-hybridized carbons (Fsp3) is 0.733. The van der Waals surface area contributed by atoms with Gasteiger partial charge in [0.15, 0.2) is 0 Å². The molecule has 0 bridgehead atoms. The number of rotatable bonds is 7. The molecule has 1 heterocycles. The second kappa shape index (κ2) is 7.43. The molecule has 0 unspecified atom stereocenters. The highest BCUT2D eigenvalue weighted by atomic mass is 16.1. The van der Waals surface area contributed by atoms with Crippen LogP contribution >= 0.6 is 0 Å². The maximum absolute atomic E-state index is 11.8. The minimum Gasteiger partial charge on any atom is -0.320 e. The molecule has 1 saturated carbocycles. The number of nitrogens with zero attached hydrogens (tertiary/aromatic N) is 2. The molecule has 1 fully saturated rings. The van der Waals surface area contributed by atoms with E-state index in [1.165, 1.54) is 32.1 Å². The van der Waals surface area contributed by atoms with E-state index in [1.807, 2.05) is 19.3 Å². The van der Waals surface area contributed by atoms with Crippen molar-refractivity contribution in [3.63, 3.8) is 0 Å². The second-order valence-electron chi connectivity index (χ2n) is 5.50. The van der Waals surface area contributed by atoms with Gasteiger partial charge in [-0.1, -0.05) is 19.3 Å². The fourth-order valence-corrected chi connectivity index (χ4v) is 2.77. The van der Waals surface area contributed by atoms with Crippen LogP contribution in [-0.4, -0.2) is 29.2 Å². The Morgan fingerprint density at radius 3 is 2.95 bits per heavy atom. The first-order valence-electron chi connectivity index (χ1n) is 7.50. The first-order chi connectivity index (χ1) is 9.29. The molecule has 0 atom stereocenters. The van der Waals surface area contributed by atoms with Crippen LogP contribution in [-0.2, 0) is 11.2 Å². The number of hydrogen-bond donors (Lipinski definition) is 1. The first kappa shape index (κ1) is 14.3. The molecule has 0 aliphatic heterocycles. The third-order valence-electron chi connectivity index (χ3n) is 3.87. The smallest absolute Gasteiger partial charge is 0.138 e. The predicted octanol–water partition coefficient (Wildman–Crippen LogP) is 2.50. The van der Waals surface area contributed by atoms with Gasteiger partial charge in [-0.3, -0.25) is 9.48 Å². The largest absolute Gasteiger partial charge is 0.320 e. The molecule has 19 heavy (non-hydrogen) atoms. The highest BCUT2D eigenvalue weighted by Crippen LogP contribution is 2.27. The Bertz CT molecular complexity index is 394. The van der Waals surface area contributed by atoms with E-state index < -0.39 is 0 Å². The van der Waals surface area contributed by atoms with Crippen LogP contribution in [0.5, 0.6) is 0 Å². The molecule has 0 spiro atoms. The van der Waals surface area contributed by atoms with E-state index in [1.54, 1.807) is 0 Å². The maximum Gasteiger partial charge on any atom is 0.138 e. The van der Waals surface area contributed by atoms with Crippen molar-refractivity contribution in [1.29, 1.82) is 0 Å². The van der Waals surface area contributed by atoms with E-state index >= 15 is 0 Å². The van der Waals surface area contributed by atoms with Crippen LogP contribution in [0, 0.1) is 0 Å². The van der Waals surface area contributed by atoms with E-state index in [0.29, 0.717) is 24.7 Å². The lowest BCUT2D eigenvalue weighted by molar-refractivity contribution is -0.118. The van der Waals surface area contributed by atoms with Gasteiger partial charge in [0.1, 0.15) is 5.78 Å².